The van der Waals surface area contributed by atoms with E-state index in [1.54, 1.807) is 22.0 Å². The van der Waals surface area contributed by atoms with Gasteiger partial charge in [-0.2, -0.15) is 5.10 Å². The predicted molar refractivity (Wildman–Crippen MR) is 99.1 cm³/mol. The van der Waals surface area contributed by atoms with Crippen LogP contribution in [0.5, 0.6) is 0 Å². The minimum atomic E-state index is -0.477. The van der Waals surface area contributed by atoms with E-state index in [4.69, 9.17) is 4.74 Å². The molecule has 3 rings (SSSR count). The number of pyridine rings is 1. The average Bonchev–Trinajstić information content (AvgIpc) is 3.08. The molecule has 0 bridgehead atoms. The van der Waals surface area contributed by atoms with Gasteiger partial charge < -0.3 is 14.5 Å². The Labute approximate surface area is 155 Å². The second-order valence-electron chi connectivity index (χ2n) is 6.90. The number of amides is 1. The number of halogens is 1. The van der Waals surface area contributed by atoms with Crippen LogP contribution in [0.1, 0.15) is 20.8 Å². The first-order chi connectivity index (χ1) is 11.8. The maximum atomic E-state index is 12.2. The van der Waals surface area contributed by atoms with Crippen LogP contribution in [0.2, 0.25) is 0 Å². The molecule has 8 heteroatoms. The Bertz CT molecular complexity index is 734. The van der Waals surface area contributed by atoms with Gasteiger partial charge in [0.05, 0.1) is 0 Å². The van der Waals surface area contributed by atoms with Crippen LogP contribution in [0.4, 0.5) is 10.6 Å². The fraction of sp³-hybridized carbons (Fsp3) is 0.471. The largest absolute Gasteiger partial charge is 0.444 e. The zero-order chi connectivity index (χ0) is 18.0. The number of nitrogens with zero attached hydrogens (tertiary/aromatic N) is 5. The molecule has 3 heterocycles. The first-order valence-electron chi connectivity index (χ1n) is 8.22. The molecule has 0 aliphatic carbocycles. The average molecular weight is 408 g/mol. The van der Waals surface area contributed by atoms with Crippen LogP contribution in [0.3, 0.4) is 0 Å². The summed E-state index contributed by atoms with van der Waals surface area (Å²) in [7, 11) is 0. The van der Waals surface area contributed by atoms with Crippen molar-refractivity contribution >= 4 is 27.8 Å². The fourth-order valence-corrected chi connectivity index (χ4v) is 2.99. The van der Waals surface area contributed by atoms with Crippen molar-refractivity contribution < 1.29 is 9.53 Å². The predicted octanol–water partition coefficient (Wildman–Crippen LogP) is 3.09. The minimum Gasteiger partial charge on any atom is -0.444 e. The molecule has 1 saturated heterocycles. The van der Waals surface area contributed by atoms with Crippen LogP contribution >= 0.6 is 15.9 Å². The van der Waals surface area contributed by atoms with E-state index in [0.29, 0.717) is 26.2 Å². The van der Waals surface area contributed by atoms with Gasteiger partial charge in [-0.05, 0) is 48.8 Å². The Kier molecular flexibility index (Phi) is 4.99. The molecule has 7 nitrogen and oxygen atoms in total. The molecule has 0 aromatic carbocycles. The molecule has 25 heavy (non-hydrogen) atoms. The highest BCUT2D eigenvalue weighted by molar-refractivity contribution is 9.10. The van der Waals surface area contributed by atoms with Crippen molar-refractivity contribution in [1.29, 1.82) is 0 Å². The van der Waals surface area contributed by atoms with Crippen molar-refractivity contribution in [2.75, 3.05) is 31.1 Å². The Morgan fingerprint density at radius 2 is 1.96 bits per heavy atom. The maximum Gasteiger partial charge on any atom is 0.410 e. The molecular formula is C17H22BrN5O2. The summed E-state index contributed by atoms with van der Waals surface area (Å²) in [5.41, 5.74) is 0.430. The number of piperazine rings is 1. The number of anilines is 1. The molecule has 2 aromatic heterocycles. The van der Waals surface area contributed by atoms with Crippen LogP contribution in [-0.4, -0.2) is 57.5 Å². The lowest BCUT2D eigenvalue weighted by atomic mass is 10.2. The third-order valence-electron chi connectivity index (χ3n) is 3.80. The summed E-state index contributed by atoms with van der Waals surface area (Å²) in [6, 6.07) is 3.88. The number of carbonyl (C=O) groups excluding carboxylic acids is 1. The summed E-state index contributed by atoms with van der Waals surface area (Å²) in [5.74, 6) is 0.857. The molecule has 0 atom stereocenters. The van der Waals surface area contributed by atoms with E-state index in [2.05, 4.69) is 30.9 Å². The van der Waals surface area contributed by atoms with Crippen LogP contribution < -0.4 is 4.90 Å². The van der Waals surface area contributed by atoms with Gasteiger partial charge in [0, 0.05) is 49.2 Å². The van der Waals surface area contributed by atoms with Crippen molar-refractivity contribution in [1.82, 2.24) is 19.7 Å². The van der Waals surface area contributed by atoms with Gasteiger partial charge in [0.15, 0.2) is 5.82 Å². The number of aromatic nitrogens is 3. The first kappa shape index (κ1) is 17.7. The standard InChI is InChI=1S/C17H22BrN5O2/c1-17(2,3)25-16(24)22-9-7-21(8-10-22)15-14(11-13(18)12-19-15)23-6-4-5-20-23/h4-6,11-12H,7-10H2,1-3H3. The molecule has 0 N–H and O–H groups in total. The topological polar surface area (TPSA) is 63.5 Å². The first-order valence-corrected chi connectivity index (χ1v) is 9.01. The molecular weight excluding hydrogens is 386 g/mol. The Balaban J connectivity index is 1.73. The summed E-state index contributed by atoms with van der Waals surface area (Å²) < 4.78 is 8.15. The summed E-state index contributed by atoms with van der Waals surface area (Å²) in [4.78, 5) is 20.7. The number of hydrogen-bond donors (Lipinski definition) is 0. The van der Waals surface area contributed by atoms with E-state index >= 15 is 0 Å². The molecule has 0 spiro atoms. The fourth-order valence-electron chi connectivity index (χ4n) is 2.67. The maximum absolute atomic E-state index is 12.2. The molecule has 1 fully saturated rings. The Hall–Kier alpha value is -2.09. The van der Waals surface area contributed by atoms with Crippen molar-refractivity contribution in [2.45, 2.75) is 26.4 Å². The molecule has 1 aliphatic rings. The minimum absolute atomic E-state index is 0.261. The normalized spacial score (nSPS) is 15.4. The van der Waals surface area contributed by atoms with E-state index in [-0.39, 0.29) is 6.09 Å². The smallest absolute Gasteiger partial charge is 0.410 e. The van der Waals surface area contributed by atoms with Gasteiger partial charge >= 0.3 is 6.09 Å². The zero-order valence-corrected chi connectivity index (χ0v) is 16.2. The third kappa shape index (κ3) is 4.31. The van der Waals surface area contributed by atoms with Crippen LogP contribution in [0.15, 0.2) is 35.2 Å². The van der Waals surface area contributed by atoms with E-state index in [1.807, 2.05) is 39.1 Å². The monoisotopic (exact) mass is 407 g/mol. The molecule has 134 valence electrons. The number of carbonyl (C=O) groups is 1. The lowest BCUT2D eigenvalue weighted by Gasteiger charge is -2.36. The van der Waals surface area contributed by atoms with Crippen LogP contribution in [0, 0.1) is 0 Å². The lowest BCUT2D eigenvalue weighted by molar-refractivity contribution is 0.0240. The summed E-state index contributed by atoms with van der Waals surface area (Å²) in [6.45, 7) is 8.23. The van der Waals surface area contributed by atoms with E-state index in [1.165, 1.54) is 0 Å². The summed E-state index contributed by atoms with van der Waals surface area (Å²) in [5, 5.41) is 4.31. The highest BCUT2D eigenvalue weighted by Crippen LogP contribution is 2.26. The van der Waals surface area contributed by atoms with E-state index < -0.39 is 5.60 Å². The SMILES string of the molecule is CC(C)(C)OC(=O)N1CCN(c2ncc(Br)cc2-n2cccn2)CC1. The highest BCUT2D eigenvalue weighted by atomic mass is 79.9. The van der Waals surface area contributed by atoms with Gasteiger partial charge in [-0.3, -0.25) is 0 Å². The Morgan fingerprint density at radius 1 is 1.24 bits per heavy atom. The third-order valence-corrected chi connectivity index (χ3v) is 4.23. The van der Waals surface area contributed by atoms with Crippen LogP contribution in [0.25, 0.3) is 5.69 Å². The van der Waals surface area contributed by atoms with Crippen molar-refractivity contribution in [3.63, 3.8) is 0 Å². The second-order valence-corrected chi connectivity index (χ2v) is 7.82. The van der Waals surface area contributed by atoms with Crippen molar-refractivity contribution in [3.8, 4) is 5.69 Å². The van der Waals surface area contributed by atoms with Crippen molar-refractivity contribution in [2.24, 2.45) is 0 Å². The van der Waals surface area contributed by atoms with Gasteiger partial charge in [0.1, 0.15) is 11.3 Å². The molecule has 1 amide bonds. The van der Waals surface area contributed by atoms with Gasteiger partial charge in [-0.25, -0.2) is 14.5 Å². The number of rotatable bonds is 2. The molecule has 0 saturated carbocycles. The number of ether oxygens (including phenoxy) is 1. The molecule has 2 aromatic rings. The van der Waals surface area contributed by atoms with Gasteiger partial charge in [0.25, 0.3) is 0 Å². The molecule has 0 radical (unpaired) electrons. The van der Waals surface area contributed by atoms with Gasteiger partial charge in [0.2, 0.25) is 0 Å². The number of hydrogen-bond acceptors (Lipinski definition) is 5. The second kappa shape index (κ2) is 7.03. The molecule has 1 aliphatic heterocycles. The molecule has 0 unspecified atom stereocenters. The summed E-state index contributed by atoms with van der Waals surface area (Å²) >= 11 is 3.47. The van der Waals surface area contributed by atoms with E-state index in [9.17, 15) is 4.79 Å². The highest BCUT2D eigenvalue weighted by Gasteiger charge is 2.27. The van der Waals surface area contributed by atoms with Crippen LogP contribution in [-0.2, 0) is 4.74 Å². The Morgan fingerprint density at radius 3 is 2.56 bits per heavy atom. The van der Waals surface area contributed by atoms with Crippen molar-refractivity contribution in [3.05, 3.63) is 35.2 Å². The zero-order valence-electron chi connectivity index (χ0n) is 14.6. The lowest BCUT2D eigenvalue weighted by Crippen LogP contribution is -2.50. The van der Waals surface area contributed by atoms with Gasteiger partial charge in [-0.15, -0.1) is 0 Å². The van der Waals surface area contributed by atoms with Gasteiger partial charge in [-0.1, -0.05) is 0 Å². The quantitative estimate of drug-likeness (QED) is 0.764. The van der Waals surface area contributed by atoms with E-state index in [0.717, 1.165) is 16.0 Å². The summed E-state index contributed by atoms with van der Waals surface area (Å²) in [6.07, 6.45) is 5.15.